The molecule has 2 aliphatic heterocycles. The van der Waals surface area contributed by atoms with Crippen LogP contribution in [0.15, 0.2) is 55.1 Å². The van der Waals surface area contributed by atoms with Gasteiger partial charge >= 0.3 is 0 Å². The summed E-state index contributed by atoms with van der Waals surface area (Å²) in [7, 11) is 0. The predicted octanol–water partition coefficient (Wildman–Crippen LogP) is 2.86. The van der Waals surface area contributed by atoms with E-state index in [0.717, 1.165) is 55.3 Å². The molecule has 5 rings (SSSR count). The Morgan fingerprint density at radius 2 is 1.96 bits per heavy atom. The van der Waals surface area contributed by atoms with Gasteiger partial charge in [-0.15, -0.1) is 0 Å². The van der Waals surface area contributed by atoms with Gasteiger partial charge in [0.2, 0.25) is 0 Å². The molecule has 1 spiro atoms. The number of rotatable bonds is 4. The van der Waals surface area contributed by atoms with Crippen LogP contribution in [0.1, 0.15) is 24.0 Å². The van der Waals surface area contributed by atoms with E-state index in [1.165, 1.54) is 11.9 Å². The summed E-state index contributed by atoms with van der Waals surface area (Å²) >= 11 is 0. The van der Waals surface area contributed by atoms with E-state index < -0.39 is 0 Å². The molecule has 3 heterocycles. The van der Waals surface area contributed by atoms with Crippen LogP contribution in [0.2, 0.25) is 0 Å². The lowest BCUT2D eigenvalue weighted by Crippen LogP contribution is -2.40. The first-order valence-corrected chi connectivity index (χ1v) is 9.37. The molecule has 0 bridgehead atoms. The van der Waals surface area contributed by atoms with Gasteiger partial charge in [-0.25, -0.2) is 9.67 Å². The van der Waals surface area contributed by atoms with E-state index in [4.69, 9.17) is 9.47 Å². The third-order valence-corrected chi connectivity index (χ3v) is 5.61. The van der Waals surface area contributed by atoms with Gasteiger partial charge in [0, 0.05) is 17.0 Å². The number of piperidine rings is 1. The number of hydrogen-bond donors (Lipinski definition) is 1. The second-order valence-corrected chi connectivity index (χ2v) is 7.27. The number of nitrogens with one attached hydrogen (secondary N) is 1. The number of benzene rings is 2. The van der Waals surface area contributed by atoms with Crippen molar-refractivity contribution in [1.82, 2.24) is 20.1 Å². The maximum Gasteiger partial charge on any atom is 0.138 e. The summed E-state index contributed by atoms with van der Waals surface area (Å²) in [6, 6.07) is 14.4. The number of aromatic nitrogens is 3. The number of ether oxygens (including phenoxy) is 2. The average Bonchev–Trinajstić information content (AvgIpc) is 3.37. The molecule has 6 heteroatoms. The Morgan fingerprint density at radius 3 is 2.74 bits per heavy atom. The summed E-state index contributed by atoms with van der Waals surface area (Å²) in [6.45, 7) is 3.43. The molecule has 1 saturated heterocycles. The average molecular weight is 362 g/mol. The second kappa shape index (κ2) is 6.70. The molecular weight excluding hydrogens is 340 g/mol. The van der Waals surface area contributed by atoms with Crippen LogP contribution in [0.3, 0.4) is 0 Å². The highest BCUT2D eigenvalue weighted by molar-refractivity contribution is 5.48. The van der Waals surface area contributed by atoms with Crippen molar-refractivity contribution in [2.75, 3.05) is 19.7 Å². The van der Waals surface area contributed by atoms with Crippen molar-refractivity contribution in [3.63, 3.8) is 0 Å². The van der Waals surface area contributed by atoms with Crippen molar-refractivity contribution in [2.45, 2.75) is 24.9 Å². The molecule has 27 heavy (non-hydrogen) atoms. The normalized spacial score (nSPS) is 17.5. The van der Waals surface area contributed by atoms with Crippen molar-refractivity contribution in [2.24, 2.45) is 0 Å². The van der Waals surface area contributed by atoms with Crippen LogP contribution < -0.4 is 14.8 Å². The summed E-state index contributed by atoms with van der Waals surface area (Å²) < 4.78 is 13.7. The lowest BCUT2D eigenvalue weighted by molar-refractivity contribution is 0.220. The first-order valence-electron chi connectivity index (χ1n) is 9.37. The largest absolute Gasteiger partial charge is 0.492 e. The zero-order valence-electron chi connectivity index (χ0n) is 15.1. The van der Waals surface area contributed by atoms with Gasteiger partial charge in [0.1, 0.15) is 30.8 Å². The van der Waals surface area contributed by atoms with Gasteiger partial charge in [0.25, 0.3) is 0 Å². The van der Waals surface area contributed by atoms with Gasteiger partial charge in [-0.1, -0.05) is 18.2 Å². The fourth-order valence-electron chi connectivity index (χ4n) is 4.02. The third kappa shape index (κ3) is 3.06. The van der Waals surface area contributed by atoms with E-state index in [-0.39, 0.29) is 5.41 Å². The minimum atomic E-state index is 0.191. The van der Waals surface area contributed by atoms with Gasteiger partial charge in [0.05, 0.1) is 12.3 Å². The van der Waals surface area contributed by atoms with Crippen LogP contribution in [-0.4, -0.2) is 34.5 Å². The van der Waals surface area contributed by atoms with Crippen LogP contribution in [0.5, 0.6) is 11.5 Å². The molecule has 6 nitrogen and oxygen atoms in total. The van der Waals surface area contributed by atoms with Gasteiger partial charge < -0.3 is 14.8 Å². The Balaban J connectivity index is 1.27. The lowest BCUT2D eigenvalue weighted by atomic mass is 9.75. The van der Waals surface area contributed by atoms with Gasteiger partial charge in [-0.05, 0) is 49.7 Å². The summed E-state index contributed by atoms with van der Waals surface area (Å²) in [5, 5.41) is 7.58. The first-order chi connectivity index (χ1) is 13.3. The Hall–Kier alpha value is -2.86. The molecule has 1 N–H and O–H groups in total. The van der Waals surface area contributed by atoms with Crippen LogP contribution in [0, 0.1) is 0 Å². The molecule has 0 radical (unpaired) electrons. The van der Waals surface area contributed by atoms with Crippen LogP contribution in [0.4, 0.5) is 0 Å². The van der Waals surface area contributed by atoms with Crippen molar-refractivity contribution in [3.8, 4) is 17.2 Å². The van der Waals surface area contributed by atoms with E-state index >= 15 is 0 Å². The summed E-state index contributed by atoms with van der Waals surface area (Å²) in [5.74, 6) is 1.83. The zero-order valence-corrected chi connectivity index (χ0v) is 15.1. The molecule has 0 saturated carbocycles. The summed E-state index contributed by atoms with van der Waals surface area (Å²) in [4.78, 5) is 3.97. The van der Waals surface area contributed by atoms with Crippen molar-refractivity contribution >= 4 is 0 Å². The van der Waals surface area contributed by atoms with Crippen molar-refractivity contribution in [3.05, 3.63) is 66.2 Å². The monoisotopic (exact) mass is 362 g/mol. The molecule has 1 aromatic heterocycles. The van der Waals surface area contributed by atoms with E-state index in [1.807, 2.05) is 30.3 Å². The zero-order chi connectivity index (χ0) is 18.1. The number of nitrogens with zero attached hydrogens (tertiary/aromatic N) is 3. The summed E-state index contributed by atoms with van der Waals surface area (Å²) in [5.41, 5.74) is 3.62. The van der Waals surface area contributed by atoms with Crippen LogP contribution in [0.25, 0.3) is 5.69 Å². The topological polar surface area (TPSA) is 61.2 Å². The van der Waals surface area contributed by atoms with Gasteiger partial charge in [-0.2, -0.15) is 5.10 Å². The first kappa shape index (κ1) is 16.3. The molecule has 3 aromatic rings. The Kier molecular flexibility index (Phi) is 4.05. The highest BCUT2D eigenvalue weighted by Gasteiger charge is 2.41. The maximum absolute atomic E-state index is 6.02. The molecule has 0 aliphatic carbocycles. The van der Waals surface area contributed by atoms with Gasteiger partial charge in [-0.3, -0.25) is 0 Å². The highest BCUT2D eigenvalue weighted by Crippen LogP contribution is 2.45. The Labute approximate surface area is 158 Å². The van der Waals surface area contributed by atoms with Crippen molar-refractivity contribution < 1.29 is 9.47 Å². The SMILES string of the molecule is c1ncn(-c2ccc(COc3ccc4c(c3)OCC43CCNCC3)cc2)n1. The molecule has 0 atom stereocenters. The predicted molar refractivity (Wildman–Crippen MR) is 101 cm³/mol. The number of fused-ring (bicyclic) bond motifs is 2. The van der Waals surface area contributed by atoms with Gasteiger partial charge in [0.15, 0.2) is 0 Å². The van der Waals surface area contributed by atoms with E-state index in [0.29, 0.717) is 6.61 Å². The molecule has 2 aromatic carbocycles. The van der Waals surface area contributed by atoms with Crippen LogP contribution in [-0.2, 0) is 12.0 Å². The minimum absolute atomic E-state index is 0.191. The molecular formula is C21H22N4O2. The van der Waals surface area contributed by atoms with E-state index in [9.17, 15) is 0 Å². The smallest absolute Gasteiger partial charge is 0.138 e. The maximum atomic E-state index is 6.02. The quantitative estimate of drug-likeness (QED) is 0.773. The molecule has 2 aliphatic rings. The lowest BCUT2D eigenvalue weighted by Gasteiger charge is -2.32. The Bertz CT molecular complexity index is 916. The molecule has 0 unspecified atom stereocenters. The minimum Gasteiger partial charge on any atom is -0.492 e. The third-order valence-electron chi connectivity index (χ3n) is 5.61. The fraction of sp³-hybridized carbons (Fsp3) is 0.333. The molecule has 0 amide bonds. The highest BCUT2D eigenvalue weighted by atomic mass is 16.5. The number of hydrogen-bond acceptors (Lipinski definition) is 5. The standard InChI is InChI=1S/C21H22N4O2/c1-3-17(25-15-23-14-24-25)4-2-16(1)12-26-18-5-6-19-20(11-18)27-13-21(19)7-9-22-10-8-21/h1-6,11,14-15,22H,7-10,12-13H2. The summed E-state index contributed by atoms with van der Waals surface area (Å²) in [6.07, 6.45) is 5.49. The van der Waals surface area contributed by atoms with E-state index in [2.05, 4.69) is 27.5 Å². The second-order valence-electron chi connectivity index (χ2n) is 7.27. The fourth-order valence-corrected chi connectivity index (χ4v) is 4.02. The van der Waals surface area contributed by atoms with Crippen LogP contribution >= 0.6 is 0 Å². The molecule has 1 fully saturated rings. The van der Waals surface area contributed by atoms with E-state index in [1.54, 1.807) is 11.0 Å². The van der Waals surface area contributed by atoms with Crippen molar-refractivity contribution in [1.29, 1.82) is 0 Å². The Morgan fingerprint density at radius 1 is 1.11 bits per heavy atom. The molecule has 138 valence electrons.